The van der Waals surface area contributed by atoms with Crippen molar-refractivity contribution in [3.63, 3.8) is 0 Å². The fourth-order valence-corrected chi connectivity index (χ4v) is 1.01. The van der Waals surface area contributed by atoms with Gasteiger partial charge in [-0.3, -0.25) is 0 Å². The predicted octanol–water partition coefficient (Wildman–Crippen LogP) is 1.88. The molecule has 1 rings (SSSR count). The van der Waals surface area contributed by atoms with Crippen molar-refractivity contribution in [3.8, 4) is 6.07 Å². The first-order valence-electron chi connectivity index (χ1n) is 3.72. The molecular weight excluding hydrogens is 174 g/mol. The molecule has 0 fully saturated rings. The second-order valence-corrected chi connectivity index (χ2v) is 2.63. The number of rotatable bonds is 2. The summed E-state index contributed by atoms with van der Waals surface area (Å²) in [5, 5.41) is 8.32. The summed E-state index contributed by atoms with van der Waals surface area (Å²) in [7, 11) is 0. The fourth-order valence-electron chi connectivity index (χ4n) is 1.01. The van der Waals surface area contributed by atoms with Gasteiger partial charge in [-0.15, -0.1) is 0 Å². The highest BCUT2D eigenvalue weighted by Crippen LogP contribution is 2.18. The third-order valence-corrected chi connectivity index (χ3v) is 1.67. The van der Waals surface area contributed by atoms with E-state index in [1.165, 1.54) is 6.07 Å². The predicted molar refractivity (Wildman–Crippen MR) is 43.5 cm³/mol. The molecule has 1 unspecified atom stereocenters. The molecule has 0 heterocycles. The summed E-state index contributed by atoms with van der Waals surface area (Å²) in [6, 6.07) is 4.27. The Morgan fingerprint density at radius 2 is 2.15 bits per heavy atom. The Morgan fingerprint density at radius 1 is 1.46 bits per heavy atom. The molecule has 0 aliphatic rings. The summed E-state index contributed by atoms with van der Waals surface area (Å²) in [5.74, 6) is -1.35. The molecule has 0 aliphatic carbocycles. The van der Waals surface area contributed by atoms with E-state index in [2.05, 4.69) is 0 Å². The van der Waals surface area contributed by atoms with Crippen molar-refractivity contribution in [1.29, 1.82) is 5.26 Å². The van der Waals surface area contributed by atoms with E-state index in [0.717, 1.165) is 12.1 Å². The minimum atomic E-state index is -0.706. The minimum Gasteiger partial charge on any atom is -0.323 e. The first-order valence-corrected chi connectivity index (χ1v) is 3.72. The van der Waals surface area contributed by atoms with Crippen LogP contribution in [0.3, 0.4) is 0 Å². The number of nitriles is 1. The number of nitrogens with zero attached hydrogens (tertiary/aromatic N) is 1. The molecule has 2 N–H and O–H groups in total. The smallest absolute Gasteiger partial charge is 0.130 e. The van der Waals surface area contributed by atoms with Crippen LogP contribution < -0.4 is 5.73 Å². The number of hydrogen-bond donors (Lipinski definition) is 1. The van der Waals surface area contributed by atoms with Gasteiger partial charge >= 0.3 is 0 Å². The SMILES string of the molecule is N#CCC(N)c1ccc(F)cc1F. The molecule has 0 saturated carbocycles. The van der Waals surface area contributed by atoms with Gasteiger partial charge in [-0.05, 0) is 6.07 Å². The van der Waals surface area contributed by atoms with Crippen LogP contribution in [-0.2, 0) is 0 Å². The van der Waals surface area contributed by atoms with Crippen LogP contribution in [0.4, 0.5) is 8.78 Å². The maximum Gasteiger partial charge on any atom is 0.130 e. The zero-order valence-electron chi connectivity index (χ0n) is 6.80. The maximum atomic E-state index is 13.0. The first kappa shape index (κ1) is 9.62. The molecule has 4 heteroatoms. The maximum absolute atomic E-state index is 13.0. The van der Waals surface area contributed by atoms with Crippen molar-refractivity contribution in [2.75, 3.05) is 0 Å². The van der Waals surface area contributed by atoms with Gasteiger partial charge in [0, 0.05) is 17.7 Å². The lowest BCUT2D eigenvalue weighted by Gasteiger charge is -2.08. The minimum absolute atomic E-state index is 0.0164. The van der Waals surface area contributed by atoms with Crippen molar-refractivity contribution < 1.29 is 8.78 Å². The van der Waals surface area contributed by atoms with E-state index in [4.69, 9.17) is 11.0 Å². The van der Waals surface area contributed by atoms with Crippen LogP contribution >= 0.6 is 0 Å². The highest BCUT2D eigenvalue weighted by molar-refractivity contribution is 5.22. The van der Waals surface area contributed by atoms with Crippen molar-refractivity contribution in [1.82, 2.24) is 0 Å². The van der Waals surface area contributed by atoms with Crippen molar-refractivity contribution in [2.45, 2.75) is 12.5 Å². The second kappa shape index (κ2) is 3.97. The van der Waals surface area contributed by atoms with Gasteiger partial charge in [0.05, 0.1) is 12.5 Å². The summed E-state index contributed by atoms with van der Waals surface area (Å²) in [4.78, 5) is 0. The lowest BCUT2D eigenvalue weighted by atomic mass is 10.0. The second-order valence-electron chi connectivity index (χ2n) is 2.63. The van der Waals surface area contributed by atoms with E-state index in [1.807, 2.05) is 6.07 Å². The summed E-state index contributed by atoms with van der Waals surface area (Å²) in [6.45, 7) is 0. The van der Waals surface area contributed by atoms with Gasteiger partial charge in [-0.2, -0.15) is 5.26 Å². The molecule has 0 radical (unpaired) electrons. The van der Waals surface area contributed by atoms with Crippen LogP contribution in [0.25, 0.3) is 0 Å². The Kier molecular flexibility index (Phi) is 2.93. The Bertz CT molecular complexity index is 344. The molecule has 1 aromatic carbocycles. The molecule has 0 bridgehead atoms. The van der Waals surface area contributed by atoms with E-state index in [9.17, 15) is 8.78 Å². The van der Waals surface area contributed by atoms with Gasteiger partial charge < -0.3 is 5.73 Å². The fraction of sp³-hybridized carbons (Fsp3) is 0.222. The zero-order valence-corrected chi connectivity index (χ0v) is 6.80. The van der Waals surface area contributed by atoms with Gasteiger partial charge in [0.15, 0.2) is 0 Å². The lowest BCUT2D eigenvalue weighted by Crippen LogP contribution is -2.11. The van der Waals surface area contributed by atoms with Crippen molar-refractivity contribution in [2.24, 2.45) is 5.73 Å². The summed E-state index contributed by atoms with van der Waals surface area (Å²) < 4.78 is 25.4. The third-order valence-electron chi connectivity index (χ3n) is 1.67. The van der Waals surface area contributed by atoms with Gasteiger partial charge in [-0.25, -0.2) is 8.78 Å². The van der Waals surface area contributed by atoms with E-state index in [1.54, 1.807) is 0 Å². The zero-order chi connectivity index (χ0) is 9.84. The average molecular weight is 182 g/mol. The van der Waals surface area contributed by atoms with Crippen LogP contribution in [-0.4, -0.2) is 0 Å². The number of nitrogens with two attached hydrogens (primary N) is 1. The monoisotopic (exact) mass is 182 g/mol. The van der Waals surface area contributed by atoms with Crippen LogP contribution in [0.1, 0.15) is 18.0 Å². The van der Waals surface area contributed by atoms with Gasteiger partial charge in [0.25, 0.3) is 0 Å². The van der Waals surface area contributed by atoms with E-state index in [-0.39, 0.29) is 12.0 Å². The molecular formula is C9H8F2N2. The normalized spacial score (nSPS) is 12.2. The van der Waals surface area contributed by atoms with E-state index in [0.29, 0.717) is 0 Å². The Morgan fingerprint density at radius 3 is 2.69 bits per heavy atom. The number of benzene rings is 1. The average Bonchev–Trinajstić information content (AvgIpc) is 2.04. The Hall–Kier alpha value is -1.47. The summed E-state index contributed by atoms with van der Waals surface area (Å²) >= 11 is 0. The lowest BCUT2D eigenvalue weighted by molar-refractivity contribution is 0.557. The van der Waals surface area contributed by atoms with Crippen molar-refractivity contribution in [3.05, 3.63) is 35.4 Å². The number of hydrogen-bond acceptors (Lipinski definition) is 2. The largest absolute Gasteiger partial charge is 0.323 e. The quantitative estimate of drug-likeness (QED) is 0.759. The topological polar surface area (TPSA) is 49.8 Å². The van der Waals surface area contributed by atoms with E-state index < -0.39 is 17.7 Å². The first-order chi connectivity index (χ1) is 6.15. The third kappa shape index (κ3) is 2.23. The van der Waals surface area contributed by atoms with Gasteiger partial charge in [0.1, 0.15) is 11.6 Å². The van der Waals surface area contributed by atoms with Crippen LogP contribution in [0.15, 0.2) is 18.2 Å². The molecule has 68 valence electrons. The molecule has 13 heavy (non-hydrogen) atoms. The van der Waals surface area contributed by atoms with Crippen LogP contribution in [0.2, 0.25) is 0 Å². The van der Waals surface area contributed by atoms with Crippen LogP contribution in [0, 0.1) is 23.0 Å². The van der Waals surface area contributed by atoms with Crippen LogP contribution in [0.5, 0.6) is 0 Å². The summed E-state index contributed by atoms with van der Waals surface area (Å²) in [6.07, 6.45) is 0.0164. The van der Waals surface area contributed by atoms with Crippen molar-refractivity contribution >= 4 is 0 Å². The number of halogens is 2. The molecule has 0 aliphatic heterocycles. The van der Waals surface area contributed by atoms with E-state index >= 15 is 0 Å². The molecule has 1 atom stereocenters. The Labute approximate surface area is 74.6 Å². The molecule has 1 aromatic rings. The molecule has 2 nitrogen and oxygen atoms in total. The highest BCUT2D eigenvalue weighted by Gasteiger charge is 2.11. The standard InChI is InChI=1S/C9H8F2N2/c10-6-1-2-7(8(11)5-6)9(13)3-4-12/h1-2,5,9H,3,13H2. The molecule has 0 saturated heterocycles. The summed E-state index contributed by atoms with van der Waals surface area (Å²) in [5.41, 5.74) is 5.64. The Balaban J connectivity index is 2.96. The molecule has 0 amide bonds. The van der Waals surface area contributed by atoms with Gasteiger partial charge in [-0.1, -0.05) is 6.07 Å². The van der Waals surface area contributed by atoms with Gasteiger partial charge in [0.2, 0.25) is 0 Å². The molecule has 0 aromatic heterocycles. The molecule has 0 spiro atoms. The highest BCUT2D eigenvalue weighted by atomic mass is 19.1.